The van der Waals surface area contributed by atoms with Gasteiger partial charge in [-0.25, -0.2) is 0 Å². The van der Waals surface area contributed by atoms with E-state index < -0.39 is 11.6 Å². The van der Waals surface area contributed by atoms with Crippen LogP contribution in [-0.2, 0) is 16.0 Å². The van der Waals surface area contributed by atoms with Crippen molar-refractivity contribution in [2.45, 2.75) is 18.1 Å². The number of hydrogen-bond donors (Lipinski definition) is 2. The molecular formula is C21H20N4O2. The van der Waals surface area contributed by atoms with Crippen LogP contribution in [0.1, 0.15) is 11.1 Å². The standard InChI is InChI=1S/C21H20N4O2/c1-27-21(13-24-14-21)20(26)25-19(12-23)10-15-2-6-17(7-3-15)18-8-4-16(11-22)5-9-18/h2-9,19,24H,10,13-14H2,1H3,(H,25,26). The van der Waals surface area contributed by atoms with Crippen molar-refractivity contribution >= 4 is 5.91 Å². The van der Waals surface area contributed by atoms with Crippen LogP contribution in [-0.4, -0.2) is 37.7 Å². The van der Waals surface area contributed by atoms with Crippen LogP contribution in [0.5, 0.6) is 0 Å². The van der Waals surface area contributed by atoms with Crippen LogP contribution in [0, 0.1) is 22.7 Å². The second kappa shape index (κ2) is 8.01. The lowest BCUT2D eigenvalue weighted by atomic mass is 9.94. The van der Waals surface area contributed by atoms with Crippen molar-refractivity contribution in [3.63, 3.8) is 0 Å². The van der Waals surface area contributed by atoms with Gasteiger partial charge in [-0.3, -0.25) is 4.79 Å². The van der Waals surface area contributed by atoms with Crippen molar-refractivity contribution < 1.29 is 9.53 Å². The lowest BCUT2D eigenvalue weighted by Crippen LogP contribution is -2.69. The molecule has 0 aliphatic carbocycles. The monoisotopic (exact) mass is 360 g/mol. The fourth-order valence-electron chi connectivity index (χ4n) is 2.97. The minimum absolute atomic E-state index is 0.260. The molecule has 0 bridgehead atoms. The third-order valence-corrected chi connectivity index (χ3v) is 4.83. The van der Waals surface area contributed by atoms with Gasteiger partial charge in [0.15, 0.2) is 5.60 Å². The minimum Gasteiger partial charge on any atom is -0.366 e. The van der Waals surface area contributed by atoms with Gasteiger partial charge in [-0.2, -0.15) is 10.5 Å². The van der Waals surface area contributed by atoms with Gasteiger partial charge in [-0.15, -0.1) is 0 Å². The van der Waals surface area contributed by atoms with Gasteiger partial charge in [0.1, 0.15) is 6.04 Å². The lowest BCUT2D eigenvalue weighted by Gasteiger charge is -2.39. The van der Waals surface area contributed by atoms with Gasteiger partial charge in [0.25, 0.3) is 5.91 Å². The molecule has 2 N–H and O–H groups in total. The Kier molecular flexibility index (Phi) is 5.52. The number of nitrogens with zero attached hydrogens (tertiary/aromatic N) is 2. The first kappa shape index (κ1) is 18.6. The molecule has 1 amide bonds. The Morgan fingerprint density at radius 3 is 2.19 bits per heavy atom. The molecule has 1 fully saturated rings. The number of amides is 1. The Labute approximate surface area is 158 Å². The first-order valence-electron chi connectivity index (χ1n) is 8.66. The smallest absolute Gasteiger partial charge is 0.255 e. The number of ether oxygens (including phenoxy) is 1. The van der Waals surface area contributed by atoms with E-state index in [1.807, 2.05) is 36.4 Å². The second-order valence-corrected chi connectivity index (χ2v) is 6.55. The third kappa shape index (κ3) is 3.98. The molecule has 0 aromatic heterocycles. The van der Waals surface area contributed by atoms with Gasteiger partial charge in [0.05, 0.1) is 17.7 Å². The first-order chi connectivity index (χ1) is 13.1. The third-order valence-electron chi connectivity index (χ3n) is 4.83. The summed E-state index contributed by atoms with van der Waals surface area (Å²) in [7, 11) is 1.50. The molecule has 3 rings (SSSR count). The molecule has 1 aliphatic heterocycles. The predicted octanol–water partition coefficient (Wildman–Crippen LogP) is 1.76. The fourth-order valence-corrected chi connectivity index (χ4v) is 2.97. The van der Waals surface area contributed by atoms with Gasteiger partial charge in [-0.1, -0.05) is 36.4 Å². The summed E-state index contributed by atoms with van der Waals surface area (Å²) in [6.45, 7) is 0.902. The maximum atomic E-state index is 12.4. The zero-order valence-corrected chi connectivity index (χ0v) is 15.0. The summed E-state index contributed by atoms with van der Waals surface area (Å²) in [6, 6.07) is 18.8. The average molecular weight is 360 g/mol. The van der Waals surface area contributed by atoms with Crippen LogP contribution in [0.15, 0.2) is 48.5 Å². The predicted molar refractivity (Wildman–Crippen MR) is 100 cm³/mol. The van der Waals surface area contributed by atoms with Crippen LogP contribution in [0.4, 0.5) is 0 Å². The summed E-state index contributed by atoms with van der Waals surface area (Å²) >= 11 is 0. The zero-order valence-electron chi connectivity index (χ0n) is 15.0. The van der Waals surface area contributed by atoms with Gasteiger partial charge in [-0.05, 0) is 28.8 Å². The fraction of sp³-hybridized carbons (Fsp3) is 0.286. The molecule has 27 heavy (non-hydrogen) atoms. The molecule has 0 spiro atoms. The summed E-state index contributed by atoms with van der Waals surface area (Å²) < 4.78 is 5.31. The van der Waals surface area contributed by atoms with Crippen molar-refractivity contribution in [1.82, 2.24) is 10.6 Å². The molecule has 1 heterocycles. The quantitative estimate of drug-likeness (QED) is 0.818. The Morgan fingerprint density at radius 2 is 1.74 bits per heavy atom. The number of nitrogens with one attached hydrogen (secondary N) is 2. The molecule has 0 radical (unpaired) electrons. The van der Waals surface area contributed by atoms with E-state index in [9.17, 15) is 10.1 Å². The van der Waals surface area contributed by atoms with Crippen molar-refractivity contribution in [3.8, 4) is 23.3 Å². The lowest BCUT2D eigenvalue weighted by molar-refractivity contribution is -0.150. The van der Waals surface area contributed by atoms with E-state index in [1.54, 1.807) is 12.1 Å². The minimum atomic E-state index is -0.867. The molecule has 1 aliphatic rings. The molecule has 6 nitrogen and oxygen atoms in total. The highest BCUT2D eigenvalue weighted by atomic mass is 16.5. The first-order valence-corrected chi connectivity index (χ1v) is 8.66. The highest BCUT2D eigenvalue weighted by molar-refractivity contribution is 5.87. The van der Waals surface area contributed by atoms with Crippen LogP contribution >= 0.6 is 0 Å². The number of rotatable bonds is 6. The number of methoxy groups -OCH3 is 1. The van der Waals surface area contributed by atoms with Crippen LogP contribution in [0.2, 0.25) is 0 Å². The molecule has 1 atom stereocenters. The van der Waals surface area contributed by atoms with Gasteiger partial charge >= 0.3 is 0 Å². The van der Waals surface area contributed by atoms with E-state index in [-0.39, 0.29) is 5.91 Å². The summed E-state index contributed by atoms with van der Waals surface area (Å²) in [5.74, 6) is -0.260. The van der Waals surface area contributed by atoms with Gasteiger partial charge < -0.3 is 15.4 Å². The van der Waals surface area contributed by atoms with E-state index in [1.165, 1.54) is 7.11 Å². The van der Waals surface area contributed by atoms with Crippen molar-refractivity contribution in [2.24, 2.45) is 0 Å². The molecular weight excluding hydrogens is 340 g/mol. The number of hydrogen-bond acceptors (Lipinski definition) is 5. The van der Waals surface area contributed by atoms with E-state index in [4.69, 9.17) is 10.00 Å². The number of carbonyl (C=O) groups excluding carboxylic acids is 1. The SMILES string of the molecule is COC1(C(=O)NC(C#N)Cc2ccc(-c3ccc(C#N)cc3)cc2)CNC1. The van der Waals surface area contributed by atoms with Crippen molar-refractivity contribution in [1.29, 1.82) is 10.5 Å². The Morgan fingerprint density at radius 1 is 1.15 bits per heavy atom. The van der Waals surface area contributed by atoms with Gasteiger partial charge in [0, 0.05) is 26.6 Å². The van der Waals surface area contributed by atoms with E-state index in [2.05, 4.69) is 22.8 Å². The zero-order chi connectivity index (χ0) is 19.3. The van der Waals surface area contributed by atoms with E-state index in [0.717, 1.165) is 16.7 Å². The summed E-state index contributed by atoms with van der Waals surface area (Å²) in [6.07, 6.45) is 0.420. The highest BCUT2D eigenvalue weighted by Crippen LogP contribution is 2.21. The van der Waals surface area contributed by atoms with Gasteiger partial charge in [0.2, 0.25) is 0 Å². The maximum absolute atomic E-state index is 12.4. The Balaban J connectivity index is 1.65. The normalized spacial score (nSPS) is 15.7. The molecule has 6 heteroatoms. The second-order valence-electron chi connectivity index (χ2n) is 6.55. The Bertz CT molecular complexity index is 882. The highest BCUT2D eigenvalue weighted by Gasteiger charge is 2.45. The number of carbonyl (C=O) groups is 1. The topological polar surface area (TPSA) is 97.9 Å². The molecule has 1 unspecified atom stereocenters. The number of nitriles is 2. The maximum Gasteiger partial charge on any atom is 0.255 e. The molecule has 136 valence electrons. The van der Waals surface area contributed by atoms with Crippen molar-refractivity contribution in [2.75, 3.05) is 20.2 Å². The Hall–Kier alpha value is -3.19. The molecule has 2 aromatic rings. The summed E-state index contributed by atoms with van der Waals surface area (Å²) in [5.41, 5.74) is 2.76. The largest absolute Gasteiger partial charge is 0.366 e. The van der Waals surface area contributed by atoms with Crippen molar-refractivity contribution in [3.05, 3.63) is 59.7 Å². The van der Waals surface area contributed by atoms with Crippen LogP contribution in [0.3, 0.4) is 0 Å². The van der Waals surface area contributed by atoms with Crippen LogP contribution < -0.4 is 10.6 Å². The molecule has 1 saturated heterocycles. The van der Waals surface area contributed by atoms with E-state index in [0.29, 0.717) is 25.1 Å². The molecule has 0 saturated carbocycles. The molecule has 2 aromatic carbocycles. The average Bonchev–Trinajstić information content (AvgIpc) is 2.67. The van der Waals surface area contributed by atoms with E-state index >= 15 is 0 Å². The van der Waals surface area contributed by atoms with Crippen LogP contribution in [0.25, 0.3) is 11.1 Å². The summed E-state index contributed by atoms with van der Waals surface area (Å²) in [5, 5.41) is 24.1. The number of benzene rings is 2. The summed E-state index contributed by atoms with van der Waals surface area (Å²) in [4.78, 5) is 12.4.